The van der Waals surface area contributed by atoms with Crippen molar-refractivity contribution in [1.82, 2.24) is 10.2 Å². The predicted molar refractivity (Wildman–Crippen MR) is 103 cm³/mol. The van der Waals surface area contributed by atoms with Crippen LogP contribution in [0.25, 0.3) is 0 Å². The predicted octanol–water partition coefficient (Wildman–Crippen LogP) is 4.25. The topological polar surface area (TPSA) is 41.6 Å². The van der Waals surface area contributed by atoms with Gasteiger partial charge in [0.25, 0.3) is 5.91 Å². The van der Waals surface area contributed by atoms with Crippen molar-refractivity contribution >= 4 is 29.1 Å². The normalized spacial score (nSPS) is 10.8. The molecule has 0 radical (unpaired) electrons. The zero-order chi connectivity index (χ0) is 18.2. The van der Waals surface area contributed by atoms with E-state index in [4.69, 9.17) is 27.9 Å². The molecule has 0 atom stereocenters. The van der Waals surface area contributed by atoms with Gasteiger partial charge in [0.15, 0.2) is 0 Å². The number of halogens is 2. The number of carbonyl (C=O) groups excluding carboxylic acids is 1. The molecule has 0 unspecified atom stereocenters. The summed E-state index contributed by atoms with van der Waals surface area (Å²) in [5, 5.41) is 3.92. The Labute approximate surface area is 158 Å². The van der Waals surface area contributed by atoms with Crippen LogP contribution in [0.1, 0.15) is 22.3 Å². The standard InChI is InChI=1S/C19H22Cl2N2O2/c1-23(2)10-4-9-22-19(24)15-5-3-6-16(12-15)25-13-14-7-8-17(20)18(21)11-14/h3,5-8,11-12H,4,9-10,13H2,1-2H3,(H,22,24). The Balaban J connectivity index is 1.89. The highest BCUT2D eigenvalue weighted by atomic mass is 35.5. The molecule has 0 aliphatic heterocycles. The monoisotopic (exact) mass is 380 g/mol. The summed E-state index contributed by atoms with van der Waals surface area (Å²) in [4.78, 5) is 14.3. The van der Waals surface area contributed by atoms with Crippen molar-refractivity contribution in [1.29, 1.82) is 0 Å². The fourth-order valence-electron chi connectivity index (χ4n) is 2.22. The lowest BCUT2D eigenvalue weighted by atomic mass is 10.2. The molecular weight excluding hydrogens is 359 g/mol. The van der Waals surface area contributed by atoms with Gasteiger partial charge in [-0.3, -0.25) is 4.79 Å². The number of rotatable bonds is 8. The molecule has 2 rings (SSSR count). The number of hydrogen-bond acceptors (Lipinski definition) is 3. The van der Waals surface area contributed by atoms with Gasteiger partial charge in [-0.25, -0.2) is 0 Å². The van der Waals surface area contributed by atoms with E-state index in [1.165, 1.54) is 0 Å². The summed E-state index contributed by atoms with van der Waals surface area (Å²) in [5.41, 5.74) is 1.49. The van der Waals surface area contributed by atoms with Gasteiger partial charge >= 0.3 is 0 Å². The molecule has 0 spiro atoms. The van der Waals surface area contributed by atoms with Gasteiger partial charge < -0.3 is 15.0 Å². The van der Waals surface area contributed by atoms with E-state index in [9.17, 15) is 4.79 Å². The fraction of sp³-hybridized carbons (Fsp3) is 0.316. The molecule has 0 aliphatic rings. The van der Waals surface area contributed by atoms with E-state index in [-0.39, 0.29) is 5.91 Å². The van der Waals surface area contributed by atoms with E-state index in [1.807, 2.05) is 26.2 Å². The van der Waals surface area contributed by atoms with Crippen molar-refractivity contribution in [3.8, 4) is 5.75 Å². The average Bonchev–Trinajstić information content (AvgIpc) is 2.59. The van der Waals surface area contributed by atoms with Crippen molar-refractivity contribution in [2.45, 2.75) is 13.0 Å². The molecule has 25 heavy (non-hydrogen) atoms. The first-order valence-electron chi connectivity index (χ1n) is 8.05. The van der Waals surface area contributed by atoms with Crippen LogP contribution in [0.3, 0.4) is 0 Å². The molecule has 0 saturated heterocycles. The van der Waals surface area contributed by atoms with E-state index in [0.717, 1.165) is 18.5 Å². The number of hydrogen-bond donors (Lipinski definition) is 1. The van der Waals surface area contributed by atoms with Crippen LogP contribution in [0, 0.1) is 0 Å². The molecule has 0 bridgehead atoms. The number of nitrogens with one attached hydrogen (secondary N) is 1. The second kappa shape index (κ2) is 9.66. The minimum Gasteiger partial charge on any atom is -0.489 e. The summed E-state index contributed by atoms with van der Waals surface area (Å²) in [6, 6.07) is 12.5. The van der Waals surface area contributed by atoms with Crippen LogP contribution in [-0.2, 0) is 6.61 Å². The highest BCUT2D eigenvalue weighted by molar-refractivity contribution is 6.42. The summed E-state index contributed by atoms with van der Waals surface area (Å²) in [6.45, 7) is 1.93. The number of benzene rings is 2. The van der Waals surface area contributed by atoms with Gasteiger partial charge in [0.05, 0.1) is 10.0 Å². The molecule has 6 heteroatoms. The number of nitrogens with zero attached hydrogens (tertiary/aromatic N) is 1. The zero-order valence-electron chi connectivity index (χ0n) is 14.4. The van der Waals surface area contributed by atoms with Crippen molar-refractivity contribution < 1.29 is 9.53 Å². The highest BCUT2D eigenvalue weighted by Crippen LogP contribution is 2.23. The minimum atomic E-state index is -0.0984. The third-order valence-electron chi connectivity index (χ3n) is 3.55. The van der Waals surface area contributed by atoms with Gasteiger partial charge in [-0.1, -0.05) is 35.3 Å². The van der Waals surface area contributed by atoms with E-state index >= 15 is 0 Å². The lowest BCUT2D eigenvalue weighted by Crippen LogP contribution is -2.27. The molecule has 0 aromatic heterocycles. The Kier molecular flexibility index (Phi) is 7.56. The molecular formula is C19H22Cl2N2O2. The first kappa shape index (κ1) is 19.6. The van der Waals surface area contributed by atoms with Gasteiger partial charge in [0.1, 0.15) is 12.4 Å². The molecule has 4 nitrogen and oxygen atoms in total. The van der Waals surface area contributed by atoms with Crippen LogP contribution < -0.4 is 10.1 Å². The Morgan fingerprint density at radius 2 is 1.92 bits per heavy atom. The third kappa shape index (κ3) is 6.58. The summed E-state index contributed by atoms with van der Waals surface area (Å²) in [7, 11) is 4.02. The van der Waals surface area contributed by atoms with Crippen molar-refractivity contribution in [3.63, 3.8) is 0 Å². The number of carbonyl (C=O) groups is 1. The Morgan fingerprint density at radius 1 is 1.12 bits per heavy atom. The minimum absolute atomic E-state index is 0.0984. The first-order valence-corrected chi connectivity index (χ1v) is 8.81. The van der Waals surface area contributed by atoms with E-state index < -0.39 is 0 Å². The van der Waals surface area contributed by atoms with Crippen molar-refractivity contribution in [3.05, 3.63) is 63.6 Å². The van der Waals surface area contributed by atoms with Crippen LogP contribution >= 0.6 is 23.2 Å². The maximum absolute atomic E-state index is 12.2. The Morgan fingerprint density at radius 3 is 2.64 bits per heavy atom. The van der Waals surface area contributed by atoms with Crippen molar-refractivity contribution in [2.75, 3.05) is 27.2 Å². The second-order valence-electron chi connectivity index (χ2n) is 5.98. The van der Waals surface area contributed by atoms with Crippen molar-refractivity contribution in [2.24, 2.45) is 0 Å². The van der Waals surface area contributed by atoms with Crippen LogP contribution in [-0.4, -0.2) is 38.0 Å². The van der Waals surface area contributed by atoms with Crippen LogP contribution in [0.2, 0.25) is 10.0 Å². The quantitative estimate of drug-likeness (QED) is 0.695. The molecule has 2 aromatic carbocycles. The number of amides is 1. The second-order valence-corrected chi connectivity index (χ2v) is 6.79. The first-order chi connectivity index (χ1) is 12.0. The molecule has 0 saturated carbocycles. The third-order valence-corrected chi connectivity index (χ3v) is 4.29. The van der Waals surface area contributed by atoms with Gasteiger partial charge in [0, 0.05) is 12.1 Å². The molecule has 134 valence electrons. The highest BCUT2D eigenvalue weighted by Gasteiger charge is 2.07. The number of ether oxygens (including phenoxy) is 1. The van der Waals surface area contributed by atoms with Crippen LogP contribution in [0.15, 0.2) is 42.5 Å². The van der Waals surface area contributed by atoms with Gasteiger partial charge in [-0.15, -0.1) is 0 Å². The maximum atomic E-state index is 12.2. The molecule has 2 aromatic rings. The Hall–Kier alpha value is -1.75. The fourth-order valence-corrected chi connectivity index (χ4v) is 2.54. The molecule has 1 amide bonds. The SMILES string of the molecule is CN(C)CCCNC(=O)c1cccc(OCc2ccc(Cl)c(Cl)c2)c1. The lowest BCUT2D eigenvalue weighted by Gasteiger charge is -2.11. The molecule has 0 heterocycles. The Bertz CT molecular complexity index is 720. The van der Waals surface area contributed by atoms with Gasteiger partial charge in [-0.2, -0.15) is 0 Å². The summed E-state index contributed by atoms with van der Waals surface area (Å²) in [5.74, 6) is 0.533. The lowest BCUT2D eigenvalue weighted by molar-refractivity contribution is 0.0952. The smallest absolute Gasteiger partial charge is 0.251 e. The molecule has 1 N–H and O–H groups in total. The van der Waals surface area contributed by atoms with Crippen LogP contribution in [0.5, 0.6) is 5.75 Å². The van der Waals surface area contributed by atoms with E-state index in [0.29, 0.717) is 34.5 Å². The largest absolute Gasteiger partial charge is 0.489 e. The maximum Gasteiger partial charge on any atom is 0.251 e. The van der Waals surface area contributed by atoms with Gasteiger partial charge in [-0.05, 0) is 63.0 Å². The summed E-state index contributed by atoms with van der Waals surface area (Å²) >= 11 is 11.9. The summed E-state index contributed by atoms with van der Waals surface area (Å²) in [6.07, 6.45) is 0.909. The zero-order valence-corrected chi connectivity index (χ0v) is 15.9. The van der Waals surface area contributed by atoms with Gasteiger partial charge in [0.2, 0.25) is 0 Å². The molecule has 0 aliphatic carbocycles. The van der Waals surface area contributed by atoms with E-state index in [2.05, 4.69) is 10.2 Å². The molecule has 0 fully saturated rings. The van der Waals surface area contributed by atoms with E-state index in [1.54, 1.807) is 30.3 Å². The van der Waals surface area contributed by atoms with Crippen LogP contribution in [0.4, 0.5) is 0 Å². The average molecular weight is 381 g/mol. The summed E-state index contributed by atoms with van der Waals surface area (Å²) < 4.78 is 5.75.